The Morgan fingerprint density at radius 2 is 1.90 bits per heavy atom. The number of hydrogen-bond acceptors (Lipinski definition) is 6. The Bertz CT molecular complexity index is 1690. The molecule has 0 saturated carbocycles. The fourth-order valence-electron chi connectivity index (χ4n) is 4.65. The molecule has 2 aromatic carbocycles. The van der Waals surface area contributed by atoms with Gasteiger partial charge < -0.3 is 10.2 Å². The van der Waals surface area contributed by atoms with Gasteiger partial charge >= 0.3 is 18.2 Å². The topological polar surface area (TPSA) is 135 Å². The Labute approximate surface area is 232 Å². The van der Waals surface area contributed by atoms with Gasteiger partial charge in [-0.2, -0.15) is 18.4 Å². The first-order valence-corrected chi connectivity index (χ1v) is 13.8. The van der Waals surface area contributed by atoms with Crippen LogP contribution in [0.25, 0.3) is 4.85 Å². The molecule has 2 aliphatic rings. The van der Waals surface area contributed by atoms with Crippen molar-refractivity contribution in [2.24, 2.45) is 0 Å². The van der Waals surface area contributed by atoms with Gasteiger partial charge in [0.2, 0.25) is 11.6 Å². The van der Waals surface area contributed by atoms with E-state index in [0.717, 1.165) is 34.3 Å². The molecule has 1 fully saturated rings. The first-order valence-electron chi connectivity index (χ1n) is 11.9. The maximum absolute atomic E-state index is 14.1. The highest BCUT2D eigenvalue weighted by Gasteiger charge is 2.47. The molecule has 0 bridgehead atoms. The number of amides is 5. The molecule has 1 N–H and O–H groups in total. The fraction of sp³-hybridized carbons (Fsp3) is 0.269. The maximum Gasteiger partial charge on any atom is 0.416 e. The lowest BCUT2D eigenvalue weighted by Gasteiger charge is -2.43. The molecule has 0 spiro atoms. The van der Waals surface area contributed by atoms with Crippen LogP contribution in [0.3, 0.4) is 0 Å². The molecule has 1 saturated heterocycles. The third kappa shape index (κ3) is 5.44. The van der Waals surface area contributed by atoms with Gasteiger partial charge in [-0.05, 0) is 42.8 Å². The van der Waals surface area contributed by atoms with Crippen molar-refractivity contribution in [2.75, 3.05) is 30.8 Å². The summed E-state index contributed by atoms with van der Waals surface area (Å²) in [6, 6.07) is 5.17. The van der Waals surface area contributed by atoms with Gasteiger partial charge in [-0.1, -0.05) is 12.1 Å². The molecule has 0 radical (unpaired) electrons. The average molecular weight is 587 g/mol. The van der Waals surface area contributed by atoms with Gasteiger partial charge in [0, 0.05) is 30.7 Å². The number of allylic oxidation sites excluding steroid dienone is 1. The van der Waals surface area contributed by atoms with Crippen LogP contribution in [0.5, 0.6) is 0 Å². The van der Waals surface area contributed by atoms with Gasteiger partial charge in [0.25, 0.3) is 0 Å². The van der Waals surface area contributed by atoms with Crippen molar-refractivity contribution >= 4 is 33.5 Å². The minimum atomic E-state index is -4.76. The van der Waals surface area contributed by atoms with Crippen LogP contribution in [0.4, 0.5) is 28.4 Å². The summed E-state index contributed by atoms with van der Waals surface area (Å²) < 4.78 is 66.1. The van der Waals surface area contributed by atoms with E-state index in [1.54, 1.807) is 0 Å². The standard InChI is InChI=1S/C26H21F3N6O5S/c1-15-22(31-2)23(19-8-7-16(13-30)11-20(19)41(3,39)40)35(24(37)33-10-9-32-21(36)14-33)25(38)34(15)18-6-4-5-17(12-18)26(27,28)29/h4-8,11-12,23H,9-10,14H2,1,3H3,(H,32,36)/t23-/m1/s1. The lowest BCUT2D eigenvalue weighted by molar-refractivity contribution is -0.137. The van der Waals surface area contributed by atoms with Crippen LogP contribution < -0.4 is 10.2 Å². The lowest BCUT2D eigenvalue weighted by atomic mass is 9.97. The molecule has 0 unspecified atom stereocenters. The van der Waals surface area contributed by atoms with Crippen LogP contribution in [-0.2, 0) is 20.8 Å². The number of imide groups is 1. The molecule has 1 atom stereocenters. The van der Waals surface area contributed by atoms with Crippen molar-refractivity contribution in [3.63, 3.8) is 0 Å². The van der Waals surface area contributed by atoms with Crippen LogP contribution in [0.1, 0.15) is 29.7 Å². The Hall–Kier alpha value is -4.89. The number of benzene rings is 2. The number of sulfone groups is 1. The SMILES string of the molecule is [C-]#[N+]C1=C(C)N(c2cccc(C(F)(F)F)c2)C(=O)N(C(=O)N2CCNC(=O)C2)[C@@H]1c1ccc(C#N)cc1S(C)(=O)=O. The average Bonchev–Trinajstić information content (AvgIpc) is 2.91. The van der Waals surface area contributed by atoms with E-state index in [2.05, 4.69) is 10.2 Å². The number of carbonyl (C=O) groups is 3. The van der Waals surface area contributed by atoms with E-state index < -0.39 is 57.0 Å². The predicted octanol–water partition coefficient (Wildman–Crippen LogP) is 3.67. The highest BCUT2D eigenvalue weighted by molar-refractivity contribution is 7.90. The van der Waals surface area contributed by atoms with Crippen molar-refractivity contribution in [3.8, 4) is 6.07 Å². The number of urea groups is 2. The van der Waals surface area contributed by atoms with Crippen LogP contribution in [-0.4, -0.2) is 62.1 Å². The summed E-state index contributed by atoms with van der Waals surface area (Å²) in [5.41, 5.74) is -2.07. The summed E-state index contributed by atoms with van der Waals surface area (Å²) in [5, 5.41) is 11.9. The Balaban J connectivity index is 2.01. The zero-order valence-corrected chi connectivity index (χ0v) is 22.4. The van der Waals surface area contributed by atoms with Crippen molar-refractivity contribution in [1.29, 1.82) is 5.26 Å². The molecule has 41 heavy (non-hydrogen) atoms. The van der Waals surface area contributed by atoms with E-state index in [1.165, 1.54) is 25.1 Å². The fourth-order valence-corrected chi connectivity index (χ4v) is 5.60. The van der Waals surface area contributed by atoms with Crippen molar-refractivity contribution < 1.29 is 36.0 Å². The molecule has 0 aliphatic carbocycles. The number of halogens is 3. The zero-order chi connectivity index (χ0) is 30.3. The minimum absolute atomic E-state index is 0.0347. The second kappa shape index (κ2) is 10.6. The summed E-state index contributed by atoms with van der Waals surface area (Å²) in [7, 11) is -4.09. The van der Waals surface area contributed by atoms with Gasteiger partial charge in [-0.15, -0.1) is 0 Å². The summed E-state index contributed by atoms with van der Waals surface area (Å²) in [6.45, 7) is 8.76. The first kappa shape index (κ1) is 29.1. The van der Waals surface area contributed by atoms with Crippen molar-refractivity contribution in [1.82, 2.24) is 15.1 Å². The number of nitrogens with one attached hydrogen (secondary N) is 1. The van der Waals surface area contributed by atoms with Crippen LogP contribution >= 0.6 is 0 Å². The molecule has 212 valence electrons. The van der Waals surface area contributed by atoms with Gasteiger partial charge in [0.05, 0.1) is 28.7 Å². The second-order valence-electron chi connectivity index (χ2n) is 9.21. The smallest absolute Gasteiger partial charge is 0.353 e. The van der Waals surface area contributed by atoms with E-state index in [4.69, 9.17) is 6.57 Å². The Kier molecular flexibility index (Phi) is 7.52. The van der Waals surface area contributed by atoms with E-state index in [-0.39, 0.29) is 41.3 Å². The number of piperazine rings is 1. The van der Waals surface area contributed by atoms with E-state index in [0.29, 0.717) is 11.0 Å². The molecular formula is C26H21F3N6O5S. The molecule has 0 aromatic heterocycles. The maximum atomic E-state index is 14.1. The number of nitrogens with zero attached hydrogens (tertiary/aromatic N) is 5. The van der Waals surface area contributed by atoms with Gasteiger partial charge in [0.1, 0.15) is 12.6 Å². The van der Waals surface area contributed by atoms with Gasteiger partial charge in [0.15, 0.2) is 9.84 Å². The molecule has 2 heterocycles. The molecule has 5 amide bonds. The Morgan fingerprint density at radius 1 is 1.20 bits per heavy atom. The minimum Gasteiger partial charge on any atom is -0.353 e. The molecule has 2 aromatic rings. The van der Waals surface area contributed by atoms with Crippen molar-refractivity contribution in [3.05, 3.63) is 82.0 Å². The molecule has 4 rings (SSSR count). The third-order valence-corrected chi connectivity index (χ3v) is 7.68. The van der Waals surface area contributed by atoms with Gasteiger partial charge in [-0.3, -0.25) is 9.69 Å². The number of rotatable bonds is 3. The molecule has 11 nitrogen and oxygen atoms in total. The number of nitriles is 1. The molecular weight excluding hydrogens is 565 g/mol. The molecule has 2 aliphatic heterocycles. The second-order valence-corrected chi connectivity index (χ2v) is 11.2. The number of alkyl halides is 3. The highest BCUT2D eigenvalue weighted by atomic mass is 32.2. The summed E-state index contributed by atoms with van der Waals surface area (Å²) in [6.07, 6.45) is -3.91. The van der Waals surface area contributed by atoms with Crippen LogP contribution in [0, 0.1) is 17.9 Å². The first-order chi connectivity index (χ1) is 19.2. The Morgan fingerprint density at radius 3 is 2.49 bits per heavy atom. The van der Waals surface area contributed by atoms with Crippen LogP contribution in [0.2, 0.25) is 0 Å². The molecule has 15 heteroatoms. The summed E-state index contributed by atoms with van der Waals surface area (Å²) in [5.74, 6) is -0.535. The summed E-state index contributed by atoms with van der Waals surface area (Å²) >= 11 is 0. The highest BCUT2D eigenvalue weighted by Crippen LogP contribution is 2.43. The number of carbonyl (C=O) groups excluding carboxylic acids is 3. The van der Waals surface area contributed by atoms with E-state index in [9.17, 15) is 41.2 Å². The quantitative estimate of drug-likeness (QED) is 0.546. The predicted molar refractivity (Wildman–Crippen MR) is 137 cm³/mol. The third-order valence-electron chi connectivity index (χ3n) is 6.52. The normalized spacial score (nSPS) is 18.1. The van der Waals surface area contributed by atoms with E-state index in [1.807, 2.05) is 6.07 Å². The zero-order valence-electron chi connectivity index (χ0n) is 21.6. The van der Waals surface area contributed by atoms with Gasteiger partial charge in [-0.25, -0.2) is 27.8 Å². The number of hydrogen-bond donors (Lipinski definition) is 1. The van der Waals surface area contributed by atoms with E-state index >= 15 is 0 Å². The van der Waals surface area contributed by atoms with Crippen molar-refractivity contribution in [2.45, 2.75) is 24.0 Å². The largest absolute Gasteiger partial charge is 0.416 e. The summed E-state index contributed by atoms with van der Waals surface area (Å²) in [4.78, 5) is 45.4. The number of anilines is 1. The monoisotopic (exact) mass is 586 g/mol. The van der Waals surface area contributed by atoms with Crippen LogP contribution in [0.15, 0.2) is 58.8 Å². The lowest BCUT2D eigenvalue weighted by Crippen LogP contribution is -2.59.